The van der Waals surface area contributed by atoms with Crippen molar-refractivity contribution in [2.24, 2.45) is 5.73 Å². The summed E-state index contributed by atoms with van der Waals surface area (Å²) in [4.78, 5) is 38.7. The molecule has 2 heterocycles. The van der Waals surface area contributed by atoms with E-state index in [-0.39, 0.29) is 6.54 Å². The second-order valence-electron chi connectivity index (χ2n) is 7.77. The number of hydrogen-bond acceptors (Lipinski definition) is 6. The van der Waals surface area contributed by atoms with Gasteiger partial charge in [-0.1, -0.05) is 23.7 Å². The molecule has 2 atom stereocenters. The number of anilines is 1. The van der Waals surface area contributed by atoms with Gasteiger partial charge in [-0.05, 0) is 48.0 Å². The van der Waals surface area contributed by atoms with E-state index in [1.54, 1.807) is 54.8 Å². The summed E-state index contributed by atoms with van der Waals surface area (Å²) in [5.74, 6) is 1.07. The van der Waals surface area contributed by atoms with Crippen molar-refractivity contribution in [2.75, 3.05) is 12.4 Å². The van der Waals surface area contributed by atoms with Crippen LogP contribution in [0.2, 0.25) is 5.02 Å². The molecule has 0 aromatic heterocycles. The van der Waals surface area contributed by atoms with E-state index in [1.807, 2.05) is 12.1 Å². The van der Waals surface area contributed by atoms with E-state index in [1.165, 1.54) is 11.9 Å². The van der Waals surface area contributed by atoms with Crippen molar-refractivity contribution in [3.63, 3.8) is 0 Å². The SMILES string of the molecule is CN1C(=O)NC(Nc2ccc(OC3=CC(NC(N)=O)NC=C3)cc2)N(Cc2ccc(Cl)cc2)C1=O. The molecule has 0 aliphatic carbocycles. The molecule has 1 fully saturated rings. The highest BCUT2D eigenvalue weighted by molar-refractivity contribution is 6.30. The lowest BCUT2D eigenvalue weighted by Crippen LogP contribution is -2.65. The lowest BCUT2D eigenvalue weighted by atomic mass is 10.2. The number of benzene rings is 2. The van der Waals surface area contributed by atoms with Gasteiger partial charge < -0.3 is 26.4 Å². The average Bonchev–Trinajstić information content (AvgIpc) is 2.82. The number of rotatable bonds is 7. The topological polar surface area (TPSA) is 141 Å². The van der Waals surface area contributed by atoms with Crippen molar-refractivity contribution >= 4 is 35.4 Å². The van der Waals surface area contributed by atoms with Crippen LogP contribution in [-0.4, -0.2) is 47.4 Å². The van der Waals surface area contributed by atoms with Gasteiger partial charge in [0.1, 0.15) is 17.7 Å². The molecule has 0 saturated carbocycles. The van der Waals surface area contributed by atoms with Crippen LogP contribution < -0.4 is 31.7 Å². The van der Waals surface area contributed by atoms with Crippen LogP contribution in [-0.2, 0) is 6.54 Å². The molecule has 2 aromatic carbocycles. The Labute approximate surface area is 206 Å². The summed E-state index contributed by atoms with van der Waals surface area (Å²) in [7, 11) is 1.42. The first-order chi connectivity index (χ1) is 16.8. The molecule has 2 aliphatic heterocycles. The average molecular weight is 498 g/mol. The van der Waals surface area contributed by atoms with Gasteiger partial charge in [-0.25, -0.2) is 19.3 Å². The summed E-state index contributed by atoms with van der Waals surface area (Å²) in [6.07, 6.45) is 3.76. The highest BCUT2D eigenvalue weighted by atomic mass is 35.5. The fourth-order valence-electron chi connectivity index (χ4n) is 3.46. The van der Waals surface area contributed by atoms with Crippen molar-refractivity contribution in [1.82, 2.24) is 25.8 Å². The normalized spacial score (nSPS) is 19.4. The van der Waals surface area contributed by atoms with Crippen LogP contribution in [0.5, 0.6) is 5.75 Å². The van der Waals surface area contributed by atoms with Gasteiger partial charge in [0.15, 0.2) is 6.29 Å². The predicted molar refractivity (Wildman–Crippen MR) is 130 cm³/mol. The van der Waals surface area contributed by atoms with Crippen LogP contribution in [0.1, 0.15) is 5.56 Å². The molecule has 1 saturated heterocycles. The number of nitrogens with zero attached hydrogens (tertiary/aromatic N) is 2. The number of nitrogens with one attached hydrogen (secondary N) is 4. The Kier molecular flexibility index (Phi) is 6.97. The summed E-state index contributed by atoms with van der Waals surface area (Å²) in [5, 5.41) is 12.0. The largest absolute Gasteiger partial charge is 0.458 e. The third kappa shape index (κ3) is 5.95. The molecule has 0 radical (unpaired) electrons. The number of carbonyl (C=O) groups excluding carboxylic acids is 3. The van der Waals surface area contributed by atoms with Crippen LogP contribution in [0.3, 0.4) is 0 Å². The second kappa shape index (κ2) is 10.3. The maximum atomic E-state index is 12.8. The first-order valence-electron chi connectivity index (χ1n) is 10.6. The van der Waals surface area contributed by atoms with E-state index in [4.69, 9.17) is 22.1 Å². The third-order valence-electron chi connectivity index (χ3n) is 5.22. The molecule has 0 spiro atoms. The molecule has 12 heteroatoms. The smallest absolute Gasteiger partial charge is 0.331 e. The molecule has 2 unspecified atom stereocenters. The molecule has 4 rings (SSSR count). The van der Waals surface area contributed by atoms with Crippen LogP contribution in [0.25, 0.3) is 0 Å². The van der Waals surface area contributed by atoms with Gasteiger partial charge in [-0.15, -0.1) is 0 Å². The lowest BCUT2D eigenvalue weighted by Gasteiger charge is -2.40. The number of hydrogen-bond donors (Lipinski definition) is 5. The maximum absolute atomic E-state index is 12.8. The van der Waals surface area contributed by atoms with Crippen molar-refractivity contribution in [2.45, 2.75) is 19.0 Å². The minimum absolute atomic E-state index is 0.258. The van der Waals surface area contributed by atoms with Gasteiger partial charge in [-0.2, -0.15) is 0 Å². The second-order valence-corrected chi connectivity index (χ2v) is 8.21. The zero-order valence-corrected chi connectivity index (χ0v) is 19.5. The van der Waals surface area contributed by atoms with Gasteiger partial charge in [0.2, 0.25) is 0 Å². The molecular formula is C23H24ClN7O4. The Morgan fingerprint density at radius 1 is 1.14 bits per heavy atom. The minimum Gasteiger partial charge on any atom is -0.458 e. The molecule has 2 aliphatic rings. The number of ether oxygens (including phenoxy) is 1. The fourth-order valence-corrected chi connectivity index (χ4v) is 3.59. The Morgan fingerprint density at radius 2 is 1.86 bits per heavy atom. The van der Waals surface area contributed by atoms with Gasteiger partial charge in [0, 0.05) is 30.0 Å². The summed E-state index contributed by atoms with van der Waals surface area (Å²) in [6, 6.07) is 12.5. The highest BCUT2D eigenvalue weighted by Gasteiger charge is 2.36. The molecular weight excluding hydrogens is 474 g/mol. The number of amides is 6. The van der Waals surface area contributed by atoms with E-state index < -0.39 is 30.5 Å². The van der Waals surface area contributed by atoms with E-state index in [0.717, 1.165) is 10.5 Å². The quantitative estimate of drug-likeness (QED) is 0.398. The number of carbonyl (C=O) groups is 3. The van der Waals surface area contributed by atoms with E-state index >= 15 is 0 Å². The first kappa shape index (κ1) is 23.8. The van der Waals surface area contributed by atoms with Crippen molar-refractivity contribution in [3.05, 3.63) is 83.2 Å². The van der Waals surface area contributed by atoms with Crippen LogP contribution >= 0.6 is 11.6 Å². The van der Waals surface area contributed by atoms with E-state index in [9.17, 15) is 14.4 Å². The number of urea groups is 3. The number of dihydropyridines is 1. The summed E-state index contributed by atoms with van der Waals surface area (Å²) >= 11 is 5.96. The van der Waals surface area contributed by atoms with Gasteiger partial charge >= 0.3 is 18.1 Å². The van der Waals surface area contributed by atoms with Crippen molar-refractivity contribution in [1.29, 1.82) is 0 Å². The number of imide groups is 1. The monoisotopic (exact) mass is 497 g/mol. The fraction of sp³-hybridized carbons (Fsp3) is 0.174. The Bertz CT molecular complexity index is 1170. The Balaban J connectivity index is 1.44. The minimum atomic E-state index is -0.774. The maximum Gasteiger partial charge on any atom is 0.331 e. The number of allylic oxidation sites excluding steroid dienone is 1. The van der Waals surface area contributed by atoms with Crippen LogP contribution in [0.15, 0.2) is 72.6 Å². The first-order valence-corrected chi connectivity index (χ1v) is 11.0. The number of primary amides is 1. The zero-order chi connectivity index (χ0) is 24.9. The third-order valence-corrected chi connectivity index (χ3v) is 5.47. The lowest BCUT2D eigenvalue weighted by molar-refractivity contribution is 0.114. The zero-order valence-electron chi connectivity index (χ0n) is 18.7. The van der Waals surface area contributed by atoms with E-state index in [2.05, 4.69) is 21.3 Å². The molecule has 35 heavy (non-hydrogen) atoms. The molecule has 6 amide bonds. The molecule has 0 bridgehead atoms. The Morgan fingerprint density at radius 3 is 2.54 bits per heavy atom. The van der Waals surface area contributed by atoms with Gasteiger partial charge in [-0.3, -0.25) is 10.2 Å². The molecule has 182 valence electrons. The van der Waals surface area contributed by atoms with Crippen molar-refractivity contribution in [3.8, 4) is 5.75 Å². The summed E-state index contributed by atoms with van der Waals surface area (Å²) in [6.45, 7) is 0.258. The highest BCUT2D eigenvalue weighted by Crippen LogP contribution is 2.22. The van der Waals surface area contributed by atoms with Crippen LogP contribution in [0.4, 0.5) is 20.1 Å². The number of nitrogens with two attached hydrogens (primary N) is 1. The van der Waals surface area contributed by atoms with Crippen LogP contribution in [0, 0.1) is 0 Å². The summed E-state index contributed by atoms with van der Waals surface area (Å²) < 4.78 is 5.83. The number of halogens is 1. The van der Waals surface area contributed by atoms with Gasteiger partial charge in [0.05, 0.1) is 6.54 Å². The predicted octanol–water partition coefficient (Wildman–Crippen LogP) is 2.69. The summed E-state index contributed by atoms with van der Waals surface area (Å²) in [5.41, 5.74) is 6.66. The molecule has 11 nitrogen and oxygen atoms in total. The Hall–Kier alpha value is -4.38. The molecule has 2 aromatic rings. The van der Waals surface area contributed by atoms with Gasteiger partial charge in [0.25, 0.3) is 0 Å². The molecule has 6 N–H and O–H groups in total. The van der Waals surface area contributed by atoms with E-state index in [0.29, 0.717) is 22.2 Å². The van der Waals surface area contributed by atoms with Crippen molar-refractivity contribution < 1.29 is 19.1 Å². The standard InChI is InChI=1S/C23H24ClN7O4/c1-30-22(33)29-21(31(23(30)34)13-14-2-4-15(24)5-3-14)27-16-6-8-17(9-7-16)35-18-10-11-26-19(12-18)28-20(25)32/h2-12,19,21,26-27H,13H2,1H3,(H,29,33)(H3,25,28,32).